The molecule has 0 aliphatic carbocycles. The molecule has 4 heterocycles. The molecular weight excluding hydrogens is 428 g/mol. The number of amides is 1. The molecule has 3 fully saturated rings. The van der Waals surface area contributed by atoms with Crippen molar-refractivity contribution in [3.63, 3.8) is 0 Å². The number of nitrogens with two attached hydrogens (primary N) is 1. The number of likely N-dealkylation sites (N-methyl/N-ethyl adjacent to an activating group) is 1. The van der Waals surface area contributed by atoms with E-state index >= 15 is 0 Å². The molecule has 9 nitrogen and oxygen atoms in total. The van der Waals surface area contributed by atoms with Gasteiger partial charge >= 0.3 is 0 Å². The number of rotatable bonds is 5. The fraction of sp³-hybridized carbons (Fsp3) is 0.727. The lowest BCUT2D eigenvalue weighted by Crippen LogP contribution is -2.58. The predicted molar refractivity (Wildman–Crippen MR) is 122 cm³/mol. The first kappa shape index (κ1) is 23.6. The van der Waals surface area contributed by atoms with Crippen molar-refractivity contribution in [1.29, 1.82) is 0 Å². The summed E-state index contributed by atoms with van der Waals surface area (Å²) >= 11 is 0. The van der Waals surface area contributed by atoms with E-state index in [-0.39, 0.29) is 36.0 Å². The second-order valence-electron chi connectivity index (χ2n) is 9.34. The number of sulfonamides is 1. The van der Waals surface area contributed by atoms with Gasteiger partial charge in [0.25, 0.3) is 10.0 Å². The molecule has 178 valence electrons. The van der Waals surface area contributed by atoms with Crippen molar-refractivity contribution >= 4 is 15.9 Å². The van der Waals surface area contributed by atoms with Crippen LogP contribution in [0.15, 0.2) is 23.4 Å². The standard InChI is InChI=1S/C22H36N6O3S/c1-25-9-11-27(12-10-25)22(29)19-14-20(26-7-3-2-4-8-26)17-28(16-19)32(30,31)21-13-18(15-23)5-6-24-21/h5-6,13,19-20H,2-4,7-12,14-17,23H2,1H3. The molecule has 0 radical (unpaired) electrons. The van der Waals surface area contributed by atoms with Gasteiger partial charge in [-0.3, -0.25) is 9.69 Å². The number of piperazine rings is 1. The Morgan fingerprint density at radius 1 is 1.09 bits per heavy atom. The Morgan fingerprint density at radius 3 is 2.50 bits per heavy atom. The molecule has 3 aliphatic heterocycles. The summed E-state index contributed by atoms with van der Waals surface area (Å²) in [5.74, 6) is -0.241. The molecule has 32 heavy (non-hydrogen) atoms. The fourth-order valence-corrected chi connectivity index (χ4v) is 6.60. The molecule has 0 spiro atoms. The number of likely N-dealkylation sites (tertiary alicyclic amines) is 1. The Hall–Kier alpha value is -1.59. The molecule has 1 amide bonds. The number of pyridine rings is 1. The first-order chi connectivity index (χ1) is 15.4. The summed E-state index contributed by atoms with van der Waals surface area (Å²) in [4.78, 5) is 24.1. The number of hydrogen-bond acceptors (Lipinski definition) is 7. The first-order valence-electron chi connectivity index (χ1n) is 11.7. The molecule has 3 aliphatic rings. The maximum atomic E-state index is 13.5. The van der Waals surface area contributed by atoms with E-state index in [1.54, 1.807) is 12.1 Å². The molecule has 1 aromatic heterocycles. The molecule has 2 N–H and O–H groups in total. The smallest absolute Gasteiger partial charge is 0.260 e. The topological polar surface area (TPSA) is 103 Å². The van der Waals surface area contributed by atoms with E-state index in [0.29, 0.717) is 26.1 Å². The van der Waals surface area contributed by atoms with Gasteiger partial charge < -0.3 is 15.5 Å². The highest BCUT2D eigenvalue weighted by Gasteiger charge is 2.41. The molecule has 0 saturated carbocycles. The summed E-state index contributed by atoms with van der Waals surface area (Å²) in [6.45, 7) is 5.92. The normalized spacial score (nSPS) is 26.9. The Balaban J connectivity index is 1.58. The summed E-state index contributed by atoms with van der Waals surface area (Å²) in [6, 6.07) is 3.33. The Labute approximate surface area is 191 Å². The average Bonchev–Trinajstić information content (AvgIpc) is 2.84. The molecule has 0 bridgehead atoms. The second-order valence-corrected chi connectivity index (χ2v) is 11.2. The van der Waals surface area contributed by atoms with Gasteiger partial charge in [0.15, 0.2) is 5.03 Å². The van der Waals surface area contributed by atoms with E-state index in [2.05, 4.69) is 21.8 Å². The summed E-state index contributed by atoms with van der Waals surface area (Å²) in [5, 5.41) is 0.0190. The summed E-state index contributed by atoms with van der Waals surface area (Å²) in [5.41, 5.74) is 6.45. The molecule has 0 aromatic carbocycles. The maximum Gasteiger partial charge on any atom is 0.260 e. The van der Waals surface area contributed by atoms with Crippen molar-refractivity contribution in [2.24, 2.45) is 11.7 Å². The van der Waals surface area contributed by atoms with Gasteiger partial charge in [-0.25, -0.2) is 13.4 Å². The van der Waals surface area contributed by atoms with Crippen LogP contribution in [0.4, 0.5) is 0 Å². The van der Waals surface area contributed by atoms with Crippen LogP contribution >= 0.6 is 0 Å². The molecular formula is C22H36N6O3S. The van der Waals surface area contributed by atoms with Crippen molar-refractivity contribution in [2.75, 3.05) is 59.4 Å². The van der Waals surface area contributed by atoms with Gasteiger partial charge in [0.2, 0.25) is 5.91 Å². The van der Waals surface area contributed by atoms with Gasteiger partial charge in [-0.05, 0) is 57.1 Å². The molecule has 1 aromatic rings. The number of carbonyl (C=O) groups is 1. The van der Waals surface area contributed by atoms with E-state index < -0.39 is 10.0 Å². The third-order valence-corrected chi connectivity index (χ3v) is 8.84. The van der Waals surface area contributed by atoms with Crippen molar-refractivity contribution in [1.82, 2.24) is 24.0 Å². The zero-order valence-electron chi connectivity index (χ0n) is 19.0. The fourth-order valence-electron chi connectivity index (χ4n) is 5.09. The Bertz CT molecular complexity index is 897. The summed E-state index contributed by atoms with van der Waals surface area (Å²) in [6.07, 6.45) is 5.67. The quantitative estimate of drug-likeness (QED) is 0.663. The second kappa shape index (κ2) is 10.1. The SMILES string of the molecule is CN1CCN(C(=O)C2CC(N3CCCCC3)CN(S(=O)(=O)c3cc(CN)ccn3)C2)CC1. The van der Waals surface area contributed by atoms with Crippen LogP contribution in [-0.4, -0.2) is 104 Å². The number of carbonyl (C=O) groups excluding carboxylic acids is 1. The van der Waals surface area contributed by atoms with Crippen LogP contribution in [0.1, 0.15) is 31.2 Å². The third kappa shape index (κ3) is 5.14. The van der Waals surface area contributed by atoms with E-state index in [1.807, 2.05) is 4.90 Å². The summed E-state index contributed by atoms with van der Waals surface area (Å²) < 4.78 is 28.6. The van der Waals surface area contributed by atoms with Crippen LogP contribution in [0.25, 0.3) is 0 Å². The van der Waals surface area contributed by atoms with Crippen molar-refractivity contribution in [2.45, 2.75) is 43.3 Å². The van der Waals surface area contributed by atoms with Crippen LogP contribution in [0.3, 0.4) is 0 Å². The molecule has 10 heteroatoms. The monoisotopic (exact) mass is 464 g/mol. The van der Waals surface area contributed by atoms with Crippen molar-refractivity contribution in [3.05, 3.63) is 23.9 Å². The van der Waals surface area contributed by atoms with Crippen LogP contribution in [0, 0.1) is 5.92 Å². The van der Waals surface area contributed by atoms with Gasteiger partial charge in [-0.1, -0.05) is 6.42 Å². The number of piperidine rings is 2. The third-order valence-electron chi connectivity index (χ3n) is 7.11. The largest absolute Gasteiger partial charge is 0.340 e. The van der Waals surface area contributed by atoms with E-state index in [1.165, 1.54) is 16.9 Å². The lowest BCUT2D eigenvalue weighted by molar-refractivity contribution is -0.139. The van der Waals surface area contributed by atoms with Crippen LogP contribution in [0.5, 0.6) is 0 Å². The molecule has 2 atom stereocenters. The van der Waals surface area contributed by atoms with Crippen molar-refractivity contribution < 1.29 is 13.2 Å². The van der Waals surface area contributed by atoms with E-state index in [4.69, 9.17) is 5.73 Å². The lowest BCUT2D eigenvalue weighted by atomic mass is 9.92. The van der Waals surface area contributed by atoms with Gasteiger partial charge in [0.1, 0.15) is 0 Å². The predicted octanol–water partition coefficient (Wildman–Crippen LogP) is 0.179. The van der Waals surface area contributed by atoms with Crippen LogP contribution in [0.2, 0.25) is 0 Å². The average molecular weight is 465 g/mol. The lowest BCUT2D eigenvalue weighted by Gasteiger charge is -2.44. The highest BCUT2D eigenvalue weighted by molar-refractivity contribution is 7.89. The van der Waals surface area contributed by atoms with E-state index in [9.17, 15) is 13.2 Å². The van der Waals surface area contributed by atoms with Gasteiger partial charge in [0.05, 0.1) is 5.92 Å². The highest BCUT2D eigenvalue weighted by atomic mass is 32.2. The maximum absolute atomic E-state index is 13.5. The molecule has 3 saturated heterocycles. The molecule has 2 unspecified atom stereocenters. The minimum atomic E-state index is -3.81. The minimum absolute atomic E-state index is 0.0190. The minimum Gasteiger partial charge on any atom is -0.340 e. The van der Waals surface area contributed by atoms with Gasteiger partial charge in [0, 0.05) is 58.1 Å². The van der Waals surface area contributed by atoms with Crippen molar-refractivity contribution in [3.8, 4) is 0 Å². The zero-order valence-corrected chi connectivity index (χ0v) is 19.8. The van der Waals surface area contributed by atoms with Gasteiger partial charge in [-0.2, -0.15) is 4.31 Å². The van der Waals surface area contributed by atoms with E-state index in [0.717, 1.165) is 44.6 Å². The number of aromatic nitrogens is 1. The zero-order chi connectivity index (χ0) is 22.7. The number of nitrogens with zero attached hydrogens (tertiary/aromatic N) is 5. The highest BCUT2D eigenvalue weighted by Crippen LogP contribution is 2.29. The number of hydrogen-bond donors (Lipinski definition) is 1. The van der Waals surface area contributed by atoms with Crippen LogP contribution < -0.4 is 5.73 Å². The Morgan fingerprint density at radius 2 is 1.81 bits per heavy atom. The Kier molecular flexibility index (Phi) is 7.46. The van der Waals surface area contributed by atoms with Gasteiger partial charge in [-0.15, -0.1) is 0 Å². The van der Waals surface area contributed by atoms with Crippen LogP contribution in [-0.2, 0) is 21.4 Å². The first-order valence-corrected chi connectivity index (χ1v) is 13.2. The summed E-state index contributed by atoms with van der Waals surface area (Å²) in [7, 11) is -1.75. The molecule has 4 rings (SSSR count).